The molecular weight excluding hydrogens is 431 g/mol. The number of hydrogen-bond acceptors (Lipinski definition) is 9. The maximum atomic E-state index is 5.95. The average Bonchev–Trinajstić information content (AvgIpc) is 3.25. The molecule has 3 aromatic heterocycles. The number of nitrogens with zero attached hydrogens (tertiary/aromatic N) is 7. The molecule has 0 aliphatic heterocycles. The van der Waals surface area contributed by atoms with Crippen LogP contribution in [0.3, 0.4) is 0 Å². The summed E-state index contributed by atoms with van der Waals surface area (Å²) in [6.45, 7) is 0. The Kier molecular flexibility index (Phi) is 9.28. The Bertz CT molecular complexity index is 848. The number of benzene rings is 1. The highest BCUT2D eigenvalue weighted by Gasteiger charge is 2.05. The van der Waals surface area contributed by atoms with Crippen molar-refractivity contribution in [2.75, 3.05) is 5.32 Å². The second-order valence-corrected chi connectivity index (χ2v) is 6.02. The molecule has 3 heterocycles. The molecule has 0 aliphatic rings. The standard InChI is InChI=1S/C9H5Cl3N4.C4H4N2.C2H2N2S/c10-5-3-1-2-4-6(5)13-9-15-7(11)14-8(12)16-9;1-2-5-4-6-3-1;1-2-5-4-3-1/h1-4H,(H,13,14,15,16);1-4H;1-2H. The third-order valence-electron chi connectivity index (χ3n) is 2.46. The van der Waals surface area contributed by atoms with E-state index in [4.69, 9.17) is 34.8 Å². The number of hydrogen-bond donors (Lipinski definition) is 1. The van der Waals surface area contributed by atoms with E-state index in [9.17, 15) is 0 Å². The molecule has 138 valence electrons. The van der Waals surface area contributed by atoms with E-state index in [2.05, 4.69) is 39.8 Å². The van der Waals surface area contributed by atoms with E-state index in [1.54, 1.807) is 36.8 Å². The molecule has 0 saturated heterocycles. The number of anilines is 2. The first-order valence-corrected chi connectivity index (χ1v) is 9.12. The molecule has 1 aromatic carbocycles. The molecule has 0 bridgehead atoms. The van der Waals surface area contributed by atoms with Gasteiger partial charge >= 0.3 is 0 Å². The highest BCUT2D eigenvalue weighted by atomic mass is 35.5. The maximum absolute atomic E-state index is 5.95. The summed E-state index contributed by atoms with van der Waals surface area (Å²) in [4.78, 5) is 18.7. The minimum absolute atomic E-state index is 0.0227. The van der Waals surface area contributed by atoms with Crippen molar-refractivity contribution in [3.05, 3.63) is 76.2 Å². The molecule has 27 heavy (non-hydrogen) atoms. The van der Waals surface area contributed by atoms with Gasteiger partial charge in [-0.05, 0) is 52.9 Å². The molecule has 0 saturated carbocycles. The van der Waals surface area contributed by atoms with Crippen LogP contribution < -0.4 is 5.32 Å². The first-order valence-electron chi connectivity index (χ1n) is 7.15. The Balaban J connectivity index is 0.000000192. The third-order valence-corrected chi connectivity index (χ3v) is 3.56. The molecule has 4 aromatic rings. The van der Waals surface area contributed by atoms with E-state index in [-0.39, 0.29) is 16.5 Å². The molecular formula is C15H11Cl3N8S. The van der Waals surface area contributed by atoms with E-state index in [1.165, 1.54) is 17.9 Å². The van der Waals surface area contributed by atoms with Gasteiger partial charge in [0.25, 0.3) is 0 Å². The zero-order chi connectivity index (χ0) is 19.3. The molecule has 0 amide bonds. The molecule has 0 unspecified atom stereocenters. The predicted molar refractivity (Wildman–Crippen MR) is 107 cm³/mol. The van der Waals surface area contributed by atoms with Gasteiger partial charge in [-0.25, -0.2) is 9.97 Å². The smallest absolute Gasteiger partial charge is 0.232 e. The molecule has 8 nitrogen and oxygen atoms in total. The van der Waals surface area contributed by atoms with Crippen molar-refractivity contribution < 1.29 is 0 Å². The van der Waals surface area contributed by atoms with Crippen LogP contribution in [0.2, 0.25) is 15.6 Å². The van der Waals surface area contributed by atoms with Crippen molar-refractivity contribution >= 4 is 58.0 Å². The van der Waals surface area contributed by atoms with E-state index < -0.39 is 0 Å². The summed E-state index contributed by atoms with van der Waals surface area (Å²) in [6, 6.07) is 8.96. The van der Waals surface area contributed by atoms with Gasteiger partial charge in [-0.2, -0.15) is 15.0 Å². The van der Waals surface area contributed by atoms with E-state index in [0.717, 1.165) is 0 Å². The first kappa shape index (κ1) is 20.8. The number of nitrogens with one attached hydrogen (secondary N) is 1. The second-order valence-electron chi connectivity index (χ2n) is 4.29. The number of aromatic nitrogens is 7. The summed E-state index contributed by atoms with van der Waals surface area (Å²) in [5.74, 6) is 0.248. The van der Waals surface area contributed by atoms with E-state index in [1.807, 2.05) is 17.5 Å². The van der Waals surface area contributed by atoms with E-state index in [0.29, 0.717) is 10.7 Å². The summed E-state index contributed by atoms with van der Waals surface area (Å²) in [6.07, 6.45) is 6.53. The van der Waals surface area contributed by atoms with Crippen molar-refractivity contribution in [2.24, 2.45) is 0 Å². The third kappa shape index (κ3) is 8.65. The van der Waals surface area contributed by atoms with Gasteiger partial charge in [0.05, 0.1) is 16.9 Å². The second kappa shape index (κ2) is 12.0. The Morgan fingerprint density at radius 2 is 1.52 bits per heavy atom. The lowest BCUT2D eigenvalue weighted by atomic mass is 10.3. The van der Waals surface area contributed by atoms with Gasteiger partial charge in [0.1, 0.15) is 6.33 Å². The number of halogens is 3. The van der Waals surface area contributed by atoms with Gasteiger partial charge in [0.15, 0.2) is 0 Å². The minimum Gasteiger partial charge on any atom is -0.323 e. The maximum Gasteiger partial charge on any atom is 0.232 e. The van der Waals surface area contributed by atoms with Gasteiger partial charge in [-0.15, -0.1) is 5.10 Å². The normalized spacial score (nSPS) is 9.30. The van der Waals surface area contributed by atoms with Crippen molar-refractivity contribution in [3.63, 3.8) is 0 Å². The summed E-state index contributed by atoms with van der Waals surface area (Å²) in [7, 11) is 0. The van der Waals surface area contributed by atoms with Crippen molar-refractivity contribution in [1.82, 2.24) is 34.5 Å². The Labute approximate surface area is 173 Å². The fourth-order valence-corrected chi connectivity index (χ4v) is 2.27. The molecule has 1 N–H and O–H groups in total. The Morgan fingerprint density at radius 1 is 0.815 bits per heavy atom. The van der Waals surface area contributed by atoms with Crippen LogP contribution in [0.25, 0.3) is 0 Å². The highest BCUT2D eigenvalue weighted by Crippen LogP contribution is 2.23. The summed E-state index contributed by atoms with van der Waals surface area (Å²) in [5.41, 5.74) is 0.669. The largest absolute Gasteiger partial charge is 0.323 e. The first-order chi connectivity index (χ1) is 13.1. The van der Waals surface area contributed by atoms with Crippen LogP contribution in [0, 0.1) is 0 Å². The Morgan fingerprint density at radius 3 is 1.96 bits per heavy atom. The zero-order valence-electron chi connectivity index (χ0n) is 13.4. The van der Waals surface area contributed by atoms with Crippen LogP contribution in [-0.2, 0) is 0 Å². The van der Waals surface area contributed by atoms with Gasteiger partial charge < -0.3 is 5.32 Å². The molecule has 4 rings (SSSR count). The summed E-state index contributed by atoms with van der Waals surface area (Å²) in [5, 5.41) is 8.80. The molecule has 0 atom stereocenters. The topological polar surface area (TPSA) is 102 Å². The number of para-hydroxylation sites is 1. The quantitative estimate of drug-likeness (QED) is 0.482. The molecule has 0 radical (unpaired) electrons. The zero-order valence-corrected chi connectivity index (χ0v) is 16.5. The lowest BCUT2D eigenvalue weighted by Gasteiger charge is -2.06. The SMILES string of the molecule is Clc1nc(Cl)nc(Nc2ccccc2Cl)n1.c1cncnc1.c1csnn1. The predicted octanol–water partition coefficient (Wildman–Crippen LogP) is 4.59. The summed E-state index contributed by atoms with van der Waals surface area (Å²) >= 11 is 18.6. The minimum atomic E-state index is 0.0227. The Hall–Kier alpha value is -2.46. The van der Waals surface area contributed by atoms with Crippen LogP contribution in [0.15, 0.2) is 60.6 Å². The van der Waals surface area contributed by atoms with Crippen LogP contribution in [0.4, 0.5) is 11.6 Å². The lowest BCUT2D eigenvalue weighted by Crippen LogP contribution is -1.99. The van der Waals surface area contributed by atoms with Gasteiger partial charge in [-0.1, -0.05) is 28.2 Å². The van der Waals surface area contributed by atoms with Crippen molar-refractivity contribution in [2.45, 2.75) is 0 Å². The molecule has 12 heteroatoms. The van der Waals surface area contributed by atoms with Crippen LogP contribution in [0.5, 0.6) is 0 Å². The summed E-state index contributed by atoms with van der Waals surface area (Å²) < 4.78 is 3.51. The van der Waals surface area contributed by atoms with E-state index >= 15 is 0 Å². The van der Waals surface area contributed by atoms with Gasteiger partial charge in [0, 0.05) is 17.8 Å². The average molecular weight is 442 g/mol. The fraction of sp³-hybridized carbons (Fsp3) is 0. The highest BCUT2D eigenvalue weighted by molar-refractivity contribution is 7.03. The molecule has 0 aliphatic carbocycles. The fourth-order valence-electron chi connectivity index (χ4n) is 1.45. The van der Waals surface area contributed by atoms with Crippen LogP contribution >= 0.6 is 46.3 Å². The van der Waals surface area contributed by atoms with Gasteiger partial charge in [-0.3, -0.25) is 0 Å². The molecule has 0 spiro atoms. The van der Waals surface area contributed by atoms with Crippen LogP contribution in [0.1, 0.15) is 0 Å². The van der Waals surface area contributed by atoms with Crippen molar-refractivity contribution in [3.8, 4) is 0 Å². The van der Waals surface area contributed by atoms with Gasteiger partial charge in [0.2, 0.25) is 16.5 Å². The number of rotatable bonds is 2. The monoisotopic (exact) mass is 440 g/mol. The lowest BCUT2D eigenvalue weighted by molar-refractivity contribution is 1.05. The van der Waals surface area contributed by atoms with Crippen molar-refractivity contribution in [1.29, 1.82) is 0 Å². The van der Waals surface area contributed by atoms with Crippen LogP contribution in [-0.4, -0.2) is 34.5 Å². The molecule has 0 fully saturated rings.